The number of nitrogens with one attached hydrogen (secondary N) is 1. The highest BCUT2D eigenvalue weighted by molar-refractivity contribution is 4.83. The molecule has 0 aromatic carbocycles. The summed E-state index contributed by atoms with van der Waals surface area (Å²) in [5.74, 6) is 0. The summed E-state index contributed by atoms with van der Waals surface area (Å²) in [4.78, 5) is 2.66. The molecule has 0 spiro atoms. The van der Waals surface area contributed by atoms with Crippen LogP contribution in [0, 0.1) is 0 Å². The van der Waals surface area contributed by atoms with Crippen LogP contribution in [0.25, 0.3) is 0 Å². The second kappa shape index (κ2) is 9.01. The van der Waals surface area contributed by atoms with Crippen LogP contribution in [0.3, 0.4) is 0 Å². The highest BCUT2D eigenvalue weighted by Crippen LogP contribution is 2.18. The van der Waals surface area contributed by atoms with Crippen LogP contribution in [0.5, 0.6) is 0 Å². The summed E-state index contributed by atoms with van der Waals surface area (Å²) >= 11 is 0. The maximum atomic E-state index is 5.97. The molecule has 2 atom stereocenters. The Morgan fingerprint density at radius 2 is 2.00 bits per heavy atom. The van der Waals surface area contributed by atoms with Crippen molar-refractivity contribution in [1.82, 2.24) is 10.2 Å². The molecular weight excluding hydrogens is 248 g/mol. The molecule has 3 nitrogen and oxygen atoms in total. The fourth-order valence-corrected chi connectivity index (χ4v) is 2.89. The Kier molecular flexibility index (Phi) is 8.08. The van der Waals surface area contributed by atoms with Gasteiger partial charge < -0.3 is 10.1 Å². The van der Waals surface area contributed by atoms with Gasteiger partial charge in [0.25, 0.3) is 0 Å². The lowest BCUT2D eigenvalue weighted by Crippen LogP contribution is -2.51. The van der Waals surface area contributed by atoms with Crippen LogP contribution in [0.4, 0.5) is 0 Å². The zero-order chi connectivity index (χ0) is 15.0. The van der Waals surface area contributed by atoms with Gasteiger partial charge in [0.1, 0.15) is 0 Å². The van der Waals surface area contributed by atoms with E-state index in [0.29, 0.717) is 12.1 Å². The molecule has 2 unspecified atom stereocenters. The maximum Gasteiger partial charge on any atom is 0.0702 e. The van der Waals surface area contributed by atoms with Gasteiger partial charge in [0.2, 0.25) is 0 Å². The van der Waals surface area contributed by atoms with Crippen LogP contribution in [0.15, 0.2) is 0 Å². The lowest BCUT2D eigenvalue weighted by Gasteiger charge is -2.39. The smallest absolute Gasteiger partial charge is 0.0702 e. The molecule has 1 heterocycles. The average molecular weight is 284 g/mol. The molecule has 0 aliphatic carbocycles. The van der Waals surface area contributed by atoms with E-state index < -0.39 is 0 Å². The molecule has 0 amide bonds. The van der Waals surface area contributed by atoms with Crippen molar-refractivity contribution in [2.24, 2.45) is 0 Å². The Hall–Kier alpha value is -0.120. The first-order valence-electron chi connectivity index (χ1n) is 8.57. The first kappa shape index (κ1) is 17.9. The van der Waals surface area contributed by atoms with E-state index in [1.54, 1.807) is 0 Å². The lowest BCUT2D eigenvalue weighted by molar-refractivity contribution is -0.0141. The van der Waals surface area contributed by atoms with E-state index in [0.717, 1.165) is 26.1 Å². The highest BCUT2D eigenvalue weighted by atomic mass is 16.5. The second-order valence-electron chi connectivity index (χ2n) is 7.20. The lowest BCUT2D eigenvalue weighted by atomic mass is 10.0. The van der Waals surface area contributed by atoms with Crippen molar-refractivity contribution in [1.29, 1.82) is 0 Å². The first-order chi connectivity index (χ1) is 9.46. The summed E-state index contributed by atoms with van der Waals surface area (Å²) < 4.78 is 5.97. The van der Waals surface area contributed by atoms with Crippen LogP contribution in [0.2, 0.25) is 0 Å². The zero-order valence-electron chi connectivity index (χ0n) is 14.4. The third kappa shape index (κ3) is 7.05. The van der Waals surface area contributed by atoms with E-state index in [1.165, 1.54) is 32.2 Å². The second-order valence-corrected chi connectivity index (χ2v) is 7.20. The van der Waals surface area contributed by atoms with Crippen molar-refractivity contribution in [2.45, 2.75) is 84.4 Å². The van der Waals surface area contributed by atoms with Crippen molar-refractivity contribution in [3.63, 3.8) is 0 Å². The molecule has 0 aromatic rings. The monoisotopic (exact) mass is 284 g/mol. The predicted octanol–water partition coefficient (Wildman–Crippen LogP) is 3.43. The molecule has 1 fully saturated rings. The van der Waals surface area contributed by atoms with Gasteiger partial charge in [-0.15, -0.1) is 0 Å². The Morgan fingerprint density at radius 1 is 1.25 bits per heavy atom. The minimum atomic E-state index is 0.208. The van der Waals surface area contributed by atoms with Crippen LogP contribution in [-0.4, -0.2) is 48.8 Å². The van der Waals surface area contributed by atoms with Crippen LogP contribution >= 0.6 is 0 Å². The number of ether oxygens (including phenoxy) is 1. The minimum absolute atomic E-state index is 0.208. The van der Waals surface area contributed by atoms with E-state index in [4.69, 9.17) is 4.74 Å². The number of hydrogen-bond acceptors (Lipinski definition) is 3. The summed E-state index contributed by atoms with van der Waals surface area (Å²) in [5, 5.41) is 3.68. The predicted molar refractivity (Wildman–Crippen MR) is 87.3 cm³/mol. The molecule has 1 saturated heterocycles. The molecule has 3 heteroatoms. The average Bonchev–Trinajstić information content (AvgIpc) is 2.40. The fraction of sp³-hybridized carbons (Fsp3) is 1.00. The van der Waals surface area contributed by atoms with E-state index >= 15 is 0 Å². The third-order valence-corrected chi connectivity index (χ3v) is 3.97. The molecule has 0 saturated carbocycles. The highest BCUT2D eigenvalue weighted by Gasteiger charge is 2.26. The van der Waals surface area contributed by atoms with Crippen molar-refractivity contribution >= 4 is 0 Å². The van der Waals surface area contributed by atoms with Gasteiger partial charge in [0, 0.05) is 31.3 Å². The van der Waals surface area contributed by atoms with Gasteiger partial charge in [-0.1, -0.05) is 20.3 Å². The van der Waals surface area contributed by atoms with Gasteiger partial charge in [0.05, 0.1) is 6.10 Å². The van der Waals surface area contributed by atoms with Gasteiger partial charge in [-0.05, 0) is 53.0 Å². The molecule has 0 bridgehead atoms. The fourth-order valence-electron chi connectivity index (χ4n) is 2.89. The van der Waals surface area contributed by atoms with E-state index in [2.05, 4.69) is 44.8 Å². The van der Waals surface area contributed by atoms with Crippen LogP contribution < -0.4 is 5.32 Å². The Morgan fingerprint density at radius 3 is 2.60 bits per heavy atom. The molecule has 1 rings (SSSR count). The summed E-state index contributed by atoms with van der Waals surface area (Å²) in [5.41, 5.74) is 0.208. The number of likely N-dealkylation sites (tertiary alicyclic amines) is 1. The van der Waals surface area contributed by atoms with Gasteiger partial charge >= 0.3 is 0 Å². The van der Waals surface area contributed by atoms with Gasteiger partial charge in [-0.25, -0.2) is 0 Å². The summed E-state index contributed by atoms with van der Waals surface area (Å²) in [7, 11) is 0. The van der Waals surface area contributed by atoms with Gasteiger partial charge in [-0.3, -0.25) is 4.90 Å². The quantitative estimate of drug-likeness (QED) is 0.739. The van der Waals surface area contributed by atoms with E-state index in [1.807, 2.05) is 0 Å². The molecule has 1 aliphatic rings. The van der Waals surface area contributed by atoms with Crippen molar-refractivity contribution in [2.75, 3.05) is 26.2 Å². The maximum absolute atomic E-state index is 5.97. The summed E-state index contributed by atoms with van der Waals surface area (Å²) in [6.07, 6.45) is 6.64. The Balaban J connectivity index is 2.47. The van der Waals surface area contributed by atoms with Crippen LogP contribution in [-0.2, 0) is 4.74 Å². The molecular formula is C17H36N2O. The van der Waals surface area contributed by atoms with E-state index in [9.17, 15) is 0 Å². The normalized spacial score (nSPS) is 22.9. The number of rotatable bonds is 8. The van der Waals surface area contributed by atoms with Crippen molar-refractivity contribution < 1.29 is 4.74 Å². The number of piperidine rings is 1. The molecule has 120 valence electrons. The topological polar surface area (TPSA) is 24.5 Å². The molecule has 1 N–H and O–H groups in total. The zero-order valence-corrected chi connectivity index (χ0v) is 14.4. The minimum Gasteiger partial charge on any atom is -0.377 e. The molecule has 1 aliphatic heterocycles. The summed E-state index contributed by atoms with van der Waals surface area (Å²) in [6, 6.07) is 0.659. The van der Waals surface area contributed by atoms with Gasteiger partial charge in [-0.2, -0.15) is 0 Å². The molecule has 0 aromatic heterocycles. The number of hydrogen-bond donors (Lipinski definition) is 1. The Bertz CT molecular complexity index is 250. The van der Waals surface area contributed by atoms with E-state index in [-0.39, 0.29) is 5.54 Å². The largest absolute Gasteiger partial charge is 0.377 e. The first-order valence-corrected chi connectivity index (χ1v) is 8.57. The standard InChI is InChI=1S/C17H36N2O/c1-6-9-15(13-18-17(3,4)5)19-11-8-10-16(14-19)20-12-7-2/h15-16,18H,6-14H2,1-5H3. The van der Waals surface area contributed by atoms with Gasteiger partial charge in [0.15, 0.2) is 0 Å². The molecule has 20 heavy (non-hydrogen) atoms. The Labute approximate surface area is 126 Å². The number of nitrogens with zero attached hydrogens (tertiary/aromatic N) is 1. The van der Waals surface area contributed by atoms with Crippen molar-refractivity contribution in [3.05, 3.63) is 0 Å². The summed E-state index contributed by atoms with van der Waals surface area (Å²) in [6.45, 7) is 15.6. The molecule has 0 radical (unpaired) electrons. The SMILES string of the molecule is CCCOC1CCCN(C(CCC)CNC(C)(C)C)C1. The van der Waals surface area contributed by atoms with Crippen LogP contribution in [0.1, 0.15) is 66.7 Å². The third-order valence-electron chi connectivity index (χ3n) is 3.97. The van der Waals surface area contributed by atoms with Crippen molar-refractivity contribution in [3.8, 4) is 0 Å².